The van der Waals surface area contributed by atoms with Gasteiger partial charge in [-0.3, -0.25) is 14.9 Å². The normalized spacial score (nSPS) is 14.8. The minimum atomic E-state index is -0.313. The number of amides is 2. The lowest BCUT2D eigenvalue weighted by molar-refractivity contribution is -0.115. The zero-order valence-corrected chi connectivity index (χ0v) is 15.8. The fourth-order valence-corrected chi connectivity index (χ4v) is 3.42. The van der Waals surface area contributed by atoms with Gasteiger partial charge in [0.15, 0.2) is 5.11 Å². The Bertz CT molecular complexity index is 909. The summed E-state index contributed by atoms with van der Waals surface area (Å²) in [5, 5.41) is 8.35. The van der Waals surface area contributed by atoms with Crippen LogP contribution in [0, 0.1) is 0 Å². The van der Waals surface area contributed by atoms with E-state index in [9.17, 15) is 9.59 Å². The van der Waals surface area contributed by atoms with E-state index in [0.717, 1.165) is 11.3 Å². The molecule has 2 aromatic rings. The van der Waals surface area contributed by atoms with E-state index in [1.807, 2.05) is 30.3 Å². The number of carbonyl (C=O) groups is 2. The van der Waals surface area contributed by atoms with E-state index in [2.05, 4.69) is 16.0 Å². The Balaban J connectivity index is 1.62. The minimum Gasteiger partial charge on any atom is -0.332 e. The molecule has 2 aromatic carbocycles. The Kier molecular flexibility index (Phi) is 5.77. The number of carbonyl (C=O) groups excluding carboxylic acids is 2. The maximum Gasteiger partial charge on any atom is 0.263 e. The first-order chi connectivity index (χ1) is 12.5. The van der Waals surface area contributed by atoms with Gasteiger partial charge in [-0.2, -0.15) is 0 Å². The molecule has 0 spiro atoms. The van der Waals surface area contributed by atoms with E-state index in [4.69, 9.17) is 24.4 Å². The van der Waals surface area contributed by atoms with Crippen molar-refractivity contribution in [1.29, 1.82) is 0 Å². The molecule has 3 rings (SSSR count). The minimum absolute atomic E-state index is 0.209. The van der Waals surface area contributed by atoms with E-state index < -0.39 is 0 Å². The molecule has 26 heavy (non-hydrogen) atoms. The van der Waals surface area contributed by atoms with E-state index in [-0.39, 0.29) is 16.9 Å². The Morgan fingerprint density at radius 1 is 1.08 bits per heavy atom. The number of para-hydroxylation sites is 1. The largest absolute Gasteiger partial charge is 0.332 e. The third-order valence-electron chi connectivity index (χ3n) is 3.37. The van der Waals surface area contributed by atoms with E-state index in [1.54, 1.807) is 30.3 Å². The van der Waals surface area contributed by atoms with Gasteiger partial charge >= 0.3 is 0 Å². The van der Waals surface area contributed by atoms with Gasteiger partial charge in [-0.05, 0) is 48.1 Å². The van der Waals surface area contributed by atoms with Gasteiger partial charge in [0.2, 0.25) is 0 Å². The zero-order valence-electron chi connectivity index (χ0n) is 13.3. The number of nitrogens with one attached hydrogen (secondary N) is 3. The summed E-state index contributed by atoms with van der Waals surface area (Å²) in [6, 6.07) is 16.2. The van der Waals surface area contributed by atoms with Gasteiger partial charge in [-0.1, -0.05) is 54.3 Å². The number of thioether (sulfide) groups is 1. The highest BCUT2D eigenvalue weighted by Crippen LogP contribution is 2.25. The first kappa shape index (κ1) is 18.2. The van der Waals surface area contributed by atoms with Crippen molar-refractivity contribution >= 4 is 69.2 Å². The number of thiocarbonyl (C=S) groups is 2. The van der Waals surface area contributed by atoms with E-state index in [1.165, 1.54) is 11.8 Å². The van der Waals surface area contributed by atoms with Crippen molar-refractivity contribution in [2.24, 2.45) is 0 Å². The molecule has 0 radical (unpaired) electrons. The summed E-state index contributed by atoms with van der Waals surface area (Å²) >= 11 is 11.3. The van der Waals surface area contributed by atoms with Crippen LogP contribution in [0.2, 0.25) is 0 Å². The van der Waals surface area contributed by atoms with Gasteiger partial charge in [0, 0.05) is 11.3 Å². The fraction of sp³-hybridized carbons (Fsp3) is 0. The number of hydrogen-bond acceptors (Lipinski definition) is 5. The molecule has 0 unspecified atom stereocenters. The van der Waals surface area contributed by atoms with Gasteiger partial charge in [0.25, 0.3) is 11.8 Å². The first-order valence-corrected chi connectivity index (χ1v) is 9.17. The monoisotopic (exact) mass is 399 g/mol. The van der Waals surface area contributed by atoms with Crippen LogP contribution in [0.15, 0.2) is 59.5 Å². The van der Waals surface area contributed by atoms with Crippen molar-refractivity contribution in [3.8, 4) is 0 Å². The Labute approximate surface area is 165 Å². The molecule has 3 N–H and O–H groups in total. The highest BCUT2D eigenvalue weighted by atomic mass is 32.2. The Hall–Kier alpha value is -2.55. The maximum atomic E-state index is 12.3. The van der Waals surface area contributed by atoms with Crippen LogP contribution in [0.5, 0.6) is 0 Å². The van der Waals surface area contributed by atoms with Crippen molar-refractivity contribution in [3.05, 3.63) is 70.6 Å². The maximum absolute atomic E-state index is 12.3. The van der Waals surface area contributed by atoms with Crippen molar-refractivity contribution in [2.75, 3.05) is 5.32 Å². The lowest BCUT2D eigenvalue weighted by Gasteiger charge is -2.09. The molecular weight excluding hydrogens is 386 g/mol. The highest BCUT2D eigenvalue weighted by Gasteiger charge is 2.21. The molecule has 1 aliphatic heterocycles. The van der Waals surface area contributed by atoms with Crippen LogP contribution >= 0.6 is 36.2 Å². The SMILES string of the molecule is O=C1NC(=S)SC1=Cc1ccc(C(=O)NC(=S)Nc2ccccc2)cc1. The third-order valence-corrected chi connectivity index (χ3v) is 4.74. The van der Waals surface area contributed by atoms with Crippen molar-refractivity contribution < 1.29 is 9.59 Å². The summed E-state index contributed by atoms with van der Waals surface area (Å²) in [6.45, 7) is 0. The number of rotatable bonds is 3. The average molecular weight is 400 g/mol. The molecule has 130 valence electrons. The van der Waals surface area contributed by atoms with Crippen molar-refractivity contribution in [2.45, 2.75) is 0 Å². The third kappa shape index (κ3) is 4.75. The van der Waals surface area contributed by atoms with Crippen molar-refractivity contribution in [3.63, 3.8) is 0 Å². The molecule has 1 aliphatic rings. The lowest BCUT2D eigenvalue weighted by atomic mass is 10.1. The second kappa shape index (κ2) is 8.22. The predicted molar refractivity (Wildman–Crippen MR) is 113 cm³/mol. The van der Waals surface area contributed by atoms with Gasteiger partial charge in [-0.15, -0.1) is 0 Å². The molecule has 1 heterocycles. The summed E-state index contributed by atoms with van der Waals surface area (Å²) in [5.74, 6) is -0.522. The van der Waals surface area contributed by atoms with E-state index in [0.29, 0.717) is 14.8 Å². The standard InChI is InChI=1S/C18H13N3O2S3/c22-15(20-17(24)19-13-4-2-1-3-5-13)12-8-6-11(7-9-12)10-14-16(23)21-18(25)26-14/h1-10H,(H,21,23,25)(H2,19,20,22,24). The van der Waals surface area contributed by atoms with Crippen LogP contribution in [-0.4, -0.2) is 21.2 Å². The summed E-state index contributed by atoms with van der Waals surface area (Å²) in [4.78, 5) is 24.4. The molecule has 1 fully saturated rings. The topological polar surface area (TPSA) is 70.2 Å². The number of anilines is 1. The second-order valence-electron chi connectivity index (χ2n) is 5.25. The van der Waals surface area contributed by atoms with Crippen LogP contribution in [0.25, 0.3) is 6.08 Å². The molecule has 0 saturated carbocycles. The van der Waals surface area contributed by atoms with Crippen molar-refractivity contribution in [1.82, 2.24) is 10.6 Å². The molecule has 0 aromatic heterocycles. The van der Waals surface area contributed by atoms with E-state index >= 15 is 0 Å². The smallest absolute Gasteiger partial charge is 0.263 e. The van der Waals surface area contributed by atoms with Crippen LogP contribution in [0.4, 0.5) is 5.69 Å². The van der Waals surface area contributed by atoms with Gasteiger partial charge < -0.3 is 10.6 Å². The molecule has 8 heteroatoms. The van der Waals surface area contributed by atoms with Gasteiger partial charge in [0.05, 0.1) is 4.91 Å². The Morgan fingerprint density at radius 2 is 1.77 bits per heavy atom. The average Bonchev–Trinajstić information content (AvgIpc) is 2.93. The Morgan fingerprint density at radius 3 is 2.38 bits per heavy atom. The number of benzene rings is 2. The van der Waals surface area contributed by atoms with Crippen LogP contribution in [0.3, 0.4) is 0 Å². The zero-order chi connectivity index (χ0) is 18.5. The molecule has 2 amide bonds. The highest BCUT2D eigenvalue weighted by molar-refractivity contribution is 8.26. The second-order valence-corrected chi connectivity index (χ2v) is 7.38. The molecule has 0 aliphatic carbocycles. The first-order valence-electron chi connectivity index (χ1n) is 7.53. The summed E-state index contributed by atoms with van der Waals surface area (Å²) in [5.41, 5.74) is 2.06. The lowest BCUT2D eigenvalue weighted by Crippen LogP contribution is -2.34. The van der Waals surface area contributed by atoms with Crippen LogP contribution in [0.1, 0.15) is 15.9 Å². The fourth-order valence-electron chi connectivity index (χ4n) is 2.16. The summed E-state index contributed by atoms with van der Waals surface area (Å²) in [7, 11) is 0. The van der Waals surface area contributed by atoms with Crippen LogP contribution in [-0.2, 0) is 4.79 Å². The molecule has 0 bridgehead atoms. The summed E-state index contributed by atoms with van der Waals surface area (Å²) < 4.78 is 0.441. The quantitative estimate of drug-likeness (QED) is 0.543. The molecular formula is C18H13N3O2S3. The predicted octanol–water partition coefficient (Wildman–Crippen LogP) is 3.30. The molecule has 1 saturated heterocycles. The number of hydrogen-bond donors (Lipinski definition) is 3. The van der Waals surface area contributed by atoms with Crippen LogP contribution < -0.4 is 16.0 Å². The molecule has 5 nitrogen and oxygen atoms in total. The molecule has 0 atom stereocenters. The van der Waals surface area contributed by atoms with Gasteiger partial charge in [-0.25, -0.2) is 0 Å². The van der Waals surface area contributed by atoms with Gasteiger partial charge in [0.1, 0.15) is 4.32 Å². The summed E-state index contributed by atoms with van der Waals surface area (Å²) in [6.07, 6.45) is 1.72.